The van der Waals surface area contributed by atoms with Crippen LogP contribution in [0, 0.1) is 5.92 Å². The summed E-state index contributed by atoms with van der Waals surface area (Å²) >= 11 is 0. The molecule has 0 aromatic heterocycles. The number of nitrogens with zero attached hydrogens (tertiary/aromatic N) is 2. The predicted molar refractivity (Wildman–Crippen MR) is 128 cm³/mol. The quantitative estimate of drug-likeness (QED) is 0.440. The number of quaternary nitrogens is 1. The Bertz CT molecular complexity index is 1060. The van der Waals surface area contributed by atoms with E-state index in [0.717, 1.165) is 35.1 Å². The van der Waals surface area contributed by atoms with Gasteiger partial charge in [0.1, 0.15) is 23.4 Å². The van der Waals surface area contributed by atoms with E-state index in [2.05, 4.69) is 12.0 Å². The molecular formula is C27H30N3O2+. The molecule has 0 bridgehead atoms. The van der Waals surface area contributed by atoms with E-state index in [1.807, 2.05) is 72.9 Å². The number of hydrogen-bond donors (Lipinski definition) is 2. The summed E-state index contributed by atoms with van der Waals surface area (Å²) in [6, 6.07) is 26.9. The molecule has 0 saturated carbocycles. The molecule has 1 saturated heterocycles. The molecule has 4 rings (SSSR count). The highest BCUT2D eigenvalue weighted by Crippen LogP contribution is 2.44. The second-order valence-corrected chi connectivity index (χ2v) is 8.90. The fraction of sp³-hybridized carbons (Fsp3) is 0.259. The normalized spacial score (nSPS) is 21.1. The first-order chi connectivity index (χ1) is 15.5. The molecule has 3 N–H and O–H groups in total. The summed E-state index contributed by atoms with van der Waals surface area (Å²) in [5.74, 6) is -0.0730. The Hall–Kier alpha value is -3.44. The van der Waals surface area contributed by atoms with Gasteiger partial charge in [-0.15, -0.1) is 0 Å². The van der Waals surface area contributed by atoms with E-state index in [1.165, 1.54) is 0 Å². The summed E-state index contributed by atoms with van der Waals surface area (Å²) < 4.78 is 0.760. The average molecular weight is 429 g/mol. The lowest BCUT2D eigenvalue weighted by Crippen LogP contribution is -2.51. The third-order valence-corrected chi connectivity index (χ3v) is 6.77. The minimum absolute atomic E-state index is 0.0633. The Morgan fingerprint density at radius 1 is 1.03 bits per heavy atom. The Kier molecular flexibility index (Phi) is 6.10. The Balaban J connectivity index is 1.65. The smallest absolute Gasteiger partial charge is 0.233 e. The summed E-state index contributed by atoms with van der Waals surface area (Å²) in [5.41, 5.74) is 7.77. The molecule has 164 valence electrons. The van der Waals surface area contributed by atoms with Crippen molar-refractivity contribution >= 4 is 17.8 Å². The van der Waals surface area contributed by atoms with Gasteiger partial charge in [-0.2, -0.15) is 0 Å². The molecule has 0 radical (unpaired) electrons. The van der Waals surface area contributed by atoms with Crippen molar-refractivity contribution in [3.05, 3.63) is 96.1 Å². The van der Waals surface area contributed by atoms with Crippen molar-refractivity contribution in [1.29, 1.82) is 0 Å². The Morgan fingerprint density at radius 3 is 2.16 bits per heavy atom. The zero-order valence-corrected chi connectivity index (χ0v) is 18.4. The zero-order valence-electron chi connectivity index (χ0n) is 18.4. The van der Waals surface area contributed by atoms with Crippen LogP contribution in [0.2, 0.25) is 0 Å². The Labute approximate surface area is 189 Å². The maximum atomic E-state index is 13.2. The molecule has 3 aromatic carbocycles. The molecule has 5 heteroatoms. The van der Waals surface area contributed by atoms with Crippen molar-refractivity contribution in [2.24, 2.45) is 16.6 Å². The number of hydrogen-bond acceptors (Lipinski definition) is 3. The van der Waals surface area contributed by atoms with Gasteiger partial charge in [-0.1, -0.05) is 72.8 Å². The fourth-order valence-electron chi connectivity index (χ4n) is 5.14. The lowest BCUT2D eigenvalue weighted by molar-refractivity contribution is -0.889. The third kappa shape index (κ3) is 4.04. The van der Waals surface area contributed by atoms with Crippen molar-refractivity contribution in [2.45, 2.75) is 11.8 Å². The van der Waals surface area contributed by atoms with E-state index in [-0.39, 0.29) is 17.6 Å². The van der Waals surface area contributed by atoms with Gasteiger partial charge in [0.15, 0.2) is 0 Å². The van der Waals surface area contributed by atoms with Crippen LogP contribution >= 0.6 is 0 Å². The number of nitrogens with two attached hydrogens (primary N) is 1. The number of aliphatic imine (C=N–C) groups is 1. The van der Waals surface area contributed by atoms with Crippen molar-refractivity contribution in [3.8, 4) is 5.75 Å². The monoisotopic (exact) mass is 428 g/mol. The SMILES string of the molecule is C[N+]1(CC=Nc2ccccc2O)CCC(C(C(N)=O)(c2ccccc2)c2ccccc2)C1. The van der Waals surface area contributed by atoms with Gasteiger partial charge in [-0.25, -0.2) is 0 Å². The number of para-hydroxylation sites is 2. The molecule has 3 aromatic rings. The second kappa shape index (κ2) is 8.97. The summed E-state index contributed by atoms with van der Waals surface area (Å²) in [5, 5.41) is 9.96. The molecular weight excluding hydrogens is 398 g/mol. The maximum absolute atomic E-state index is 13.2. The lowest BCUT2D eigenvalue weighted by atomic mass is 9.64. The van der Waals surface area contributed by atoms with Crippen LogP contribution in [-0.4, -0.2) is 48.4 Å². The van der Waals surface area contributed by atoms with Crippen molar-refractivity contribution in [1.82, 2.24) is 0 Å². The number of likely N-dealkylation sites (tertiary alicyclic amines) is 1. The molecule has 1 aliphatic rings. The molecule has 32 heavy (non-hydrogen) atoms. The van der Waals surface area contributed by atoms with Crippen LogP contribution in [0.4, 0.5) is 5.69 Å². The van der Waals surface area contributed by atoms with Gasteiger partial charge in [0.2, 0.25) is 5.91 Å². The number of amides is 1. The first kappa shape index (κ1) is 21.8. The van der Waals surface area contributed by atoms with Gasteiger partial charge in [0, 0.05) is 12.3 Å². The highest BCUT2D eigenvalue weighted by molar-refractivity contribution is 5.91. The van der Waals surface area contributed by atoms with E-state index in [9.17, 15) is 9.90 Å². The molecule has 0 aliphatic carbocycles. The van der Waals surface area contributed by atoms with Gasteiger partial charge in [-0.3, -0.25) is 9.79 Å². The van der Waals surface area contributed by atoms with Crippen LogP contribution < -0.4 is 5.73 Å². The minimum atomic E-state index is -0.882. The predicted octanol–water partition coefficient (Wildman–Crippen LogP) is 4.03. The number of rotatable bonds is 7. The number of phenolic OH excluding ortho intramolecular Hbond substituents is 1. The average Bonchev–Trinajstić information content (AvgIpc) is 3.19. The number of carbonyl (C=O) groups excluding carboxylic acids is 1. The number of primary amides is 1. The van der Waals surface area contributed by atoms with Crippen LogP contribution in [0.3, 0.4) is 0 Å². The van der Waals surface area contributed by atoms with Crippen molar-refractivity contribution < 1.29 is 14.4 Å². The lowest BCUT2D eigenvalue weighted by Gasteiger charge is -2.38. The summed E-state index contributed by atoms with van der Waals surface area (Å²) in [4.78, 5) is 17.7. The van der Waals surface area contributed by atoms with Crippen molar-refractivity contribution in [3.63, 3.8) is 0 Å². The Morgan fingerprint density at radius 2 is 1.59 bits per heavy atom. The topological polar surface area (TPSA) is 75.7 Å². The zero-order chi connectivity index (χ0) is 22.6. The van der Waals surface area contributed by atoms with Gasteiger partial charge in [-0.05, 0) is 23.3 Å². The number of benzene rings is 3. The third-order valence-electron chi connectivity index (χ3n) is 6.77. The van der Waals surface area contributed by atoms with E-state index in [4.69, 9.17) is 5.73 Å². The maximum Gasteiger partial charge on any atom is 0.233 e. The van der Waals surface area contributed by atoms with E-state index in [1.54, 1.807) is 18.2 Å². The first-order valence-electron chi connectivity index (χ1n) is 11.0. The van der Waals surface area contributed by atoms with Gasteiger partial charge >= 0.3 is 0 Å². The van der Waals surface area contributed by atoms with Crippen LogP contribution in [0.15, 0.2) is 89.9 Å². The standard InChI is InChI=1S/C27H29N3O2/c1-30(19-17-29-24-14-8-9-15-25(24)31)18-16-23(20-30)27(26(28)32,21-10-4-2-5-11-21)22-12-6-3-7-13-22/h2-15,17,23H,16,18-20H2,1H3,(H2-,28,31,32)/p+1. The van der Waals surface area contributed by atoms with Crippen LogP contribution in [0.25, 0.3) is 0 Å². The number of carbonyl (C=O) groups is 1. The molecule has 5 nitrogen and oxygen atoms in total. The first-order valence-corrected chi connectivity index (χ1v) is 11.0. The second-order valence-electron chi connectivity index (χ2n) is 8.90. The minimum Gasteiger partial charge on any atom is -0.506 e. The van der Waals surface area contributed by atoms with Gasteiger partial charge in [0.25, 0.3) is 0 Å². The van der Waals surface area contributed by atoms with E-state index < -0.39 is 5.41 Å². The van der Waals surface area contributed by atoms with Crippen LogP contribution in [0.1, 0.15) is 17.5 Å². The molecule has 0 spiro atoms. The summed E-state index contributed by atoms with van der Waals surface area (Å²) in [6.07, 6.45) is 2.75. The molecule has 2 unspecified atom stereocenters. The number of phenols is 1. The molecule has 1 aliphatic heterocycles. The summed E-state index contributed by atoms with van der Waals surface area (Å²) in [7, 11) is 2.19. The summed E-state index contributed by atoms with van der Waals surface area (Å²) in [6.45, 7) is 2.44. The van der Waals surface area contributed by atoms with Crippen LogP contribution in [-0.2, 0) is 10.2 Å². The van der Waals surface area contributed by atoms with Crippen LogP contribution in [0.5, 0.6) is 5.75 Å². The highest BCUT2D eigenvalue weighted by Gasteiger charge is 2.53. The van der Waals surface area contributed by atoms with E-state index >= 15 is 0 Å². The molecule has 2 atom stereocenters. The van der Waals surface area contributed by atoms with Gasteiger partial charge in [0.05, 0.1) is 26.4 Å². The van der Waals surface area contributed by atoms with Gasteiger partial charge < -0.3 is 15.3 Å². The van der Waals surface area contributed by atoms with E-state index in [0.29, 0.717) is 12.2 Å². The highest BCUT2D eigenvalue weighted by atomic mass is 16.3. The largest absolute Gasteiger partial charge is 0.506 e. The molecule has 1 heterocycles. The fourth-order valence-corrected chi connectivity index (χ4v) is 5.14. The molecule has 1 fully saturated rings. The number of aromatic hydroxyl groups is 1. The molecule has 1 amide bonds. The van der Waals surface area contributed by atoms with Crippen molar-refractivity contribution in [2.75, 3.05) is 26.7 Å².